The van der Waals surface area contributed by atoms with Gasteiger partial charge >= 0.3 is 0 Å². The van der Waals surface area contributed by atoms with Crippen molar-refractivity contribution in [2.45, 2.75) is 53.1 Å². The molecule has 0 aliphatic rings. The summed E-state index contributed by atoms with van der Waals surface area (Å²) < 4.78 is 0. The first-order valence-electron chi connectivity index (χ1n) is 7.40. The Hall–Kier alpha value is -0.610. The van der Waals surface area contributed by atoms with Crippen LogP contribution in [-0.2, 0) is 4.79 Å². The van der Waals surface area contributed by atoms with Crippen LogP contribution in [0.4, 0.5) is 0 Å². The molecule has 0 aliphatic carbocycles. The Kier molecular flexibility index (Phi) is 9.02. The summed E-state index contributed by atoms with van der Waals surface area (Å²) in [5.41, 5.74) is 0. The number of nitrogens with zero attached hydrogens (tertiary/aromatic N) is 1. The number of likely N-dealkylation sites (N-methyl/N-ethyl adjacent to an activating group) is 1. The van der Waals surface area contributed by atoms with Crippen LogP contribution in [0.25, 0.3) is 0 Å². The summed E-state index contributed by atoms with van der Waals surface area (Å²) in [6.45, 7) is 12.3. The Labute approximate surface area is 119 Å². The number of amides is 1. The standard InChI is InChI=1S/C15H33N3O/c1-11(2)8-14(10-18(6)7)17-13(5)15(19)16-9-12(3)4/h11-14,17H,8-10H2,1-7H3,(H,16,19). The van der Waals surface area contributed by atoms with Gasteiger partial charge in [0.25, 0.3) is 0 Å². The van der Waals surface area contributed by atoms with Crippen LogP contribution in [0, 0.1) is 11.8 Å². The molecule has 0 fully saturated rings. The molecular weight excluding hydrogens is 238 g/mol. The highest BCUT2D eigenvalue weighted by molar-refractivity contribution is 5.81. The molecule has 19 heavy (non-hydrogen) atoms. The Morgan fingerprint density at radius 3 is 2.05 bits per heavy atom. The number of hydrogen-bond donors (Lipinski definition) is 2. The molecule has 0 saturated carbocycles. The second kappa shape index (κ2) is 9.32. The summed E-state index contributed by atoms with van der Waals surface area (Å²) in [5.74, 6) is 1.22. The van der Waals surface area contributed by atoms with Gasteiger partial charge in [-0.15, -0.1) is 0 Å². The van der Waals surface area contributed by atoms with Crippen molar-refractivity contribution < 1.29 is 4.79 Å². The van der Waals surface area contributed by atoms with Gasteiger partial charge in [-0.05, 0) is 39.3 Å². The molecule has 0 spiro atoms. The Balaban J connectivity index is 4.27. The van der Waals surface area contributed by atoms with Gasteiger partial charge in [-0.25, -0.2) is 0 Å². The monoisotopic (exact) mass is 271 g/mol. The zero-order chi connectivity index (χ0) is 15.0. The molecule has 4 nitrogen and oxygen atoms in total. The molecule has 0 aliphatic heterocycles. The summed E-state index contributed by atoms with van der Waals surface area (Å²) in [5, 5.41) is 6.43. The predicted molar refractivity (Wildman–Crippen MR) is 82.2 cm³/mol. The van der Waals surface area contributed by atoms with Crippen LogP contribution in [0.3, 0.4) is 0 Å². The van der Waals surface area contributed by atoms with Gasteiger partial charge in [0.05, 0.1) is 6.04 Å². The van der Waals surface area contributed by atoms with E-state index < -0.39 is 0 Å². The number of rotatable bonds is 9. The van der Waals surface area contributed by atoms with E-state index in [4.69, 9.17) is 0 Å². The lowest BCUT2D eigenvalue weighted by Gasteiger charge is -2.27. The Bertz CT molecular complexity index is 242. The van der Waals surface area contributed by atoms with Crippen molar-refractivity contribution in [2.75, 3.05) is 27.2 Å². The van der Waals surface area contributed by atoms with E-state index in [-0.39, 0.29) is 11.9 Å². The second-order valence-electron chi connectivity index (χ2n) is 6.62. The maximum Gasteiger partial charge on any atom is 0.236 e. The number of carbonyl (C=O) groups excluding carboxylic acids is 1. The molecule has 1 amide bonds. The number of nitrogens with one attached hydrogen (secondary N) is 2. The van der Waals surface area contributed by atoms with Gasteiger partial charge in [0.15, 0.2) is 0 Å². The van der Waals surface area contributed by atoms with Gasteiger partial charge in [0, 0.05) is 19.1 Å². The van der Waals surface area contributed by atoms with Gasteiger partial charge in [0.2, 0.25) is 5.91 Å². The fourth-order valence-corrected chi connectivity index (χ4v) is 2.09. The van der Waals surface area contributed by atoms with E-state index in [0.29, 0.717) is 17.9 Å². The molecule has 2 atom stereocenters. The quantitative estimate of drug-likeness (QED) is 0.671. The van der Waals surface area contributed by atoms with Crippen molar-refractivity contribution in [1.82, 2.24) is 15.5 Å². The summed E-state index contributed by atoms with van der Waals surface area (Å²) in [7, 11) is 4.14. The fraction of sp³-hybridized carbons (Fsp3) is 0.933. The zero-order valence-corrected chi connectivity index (χ0v) is 13.8. The molecule has 0 aromatic rings. The topological polar surface area (TPSA) is 44.4 Å². The number of hydrogen-bond acceptors (Lipinski definition) is 3. The normalized spacial score (nSPS) is 15.1. The molecule has 0 aromatic heterocycles. The molecule has 2 N–H and O–H groups in total. The van der Waals surface area contributed by atoms with E-state index in [1.165, 1.54) is 0 Å². The molecule has 0 bridgehead atoms. The van der Waals surface area contributed by atoms with Gasteiger partial charge in [-0.3, -0.25) is 4.79 Å². The van der Waals surface area contributed by atoms with E-state index in [1.54, 1.807) is 0 Å². The van der Waals surface area contributed by atoms with Crippen LogP contribution in [0.2, 0.25) is 0 Å². The molecule has 0 aromatic carbocycles. The van der Waals surface area contributed by atoms with Crippen molar-refractivity contribution in [2.24, 2.45) is 11.8 Å². The molecule has 4 heteroatoms. The largest absolute Gasteiger partial charge is 0.354 e. The van der Waals surface area contributed by atoms with Crippen molar-refractivity contribution in [1.29, 1.82) is 0 Å². The molecule has 0 radical (unpaired) electrons. The van der Waals surface area contributed by atoms with E-state index in [0.717, 1.165) is 19.5 Å². The molecule has 0 saturated heterocycles. The van der Waals surface area contributed by atoms with Gasteiger partial charge < -0.3 is 15.5 Å². The van der Waals surface area contributed by atoms with Crippen LogP contribution in [0.1, 0.15) is 41.0 Å². The first-order valence-corrected chi connectivity index (χ1v) is 7.40. The molecule has 0 rings (SSSR count). The van der Waals surface area contributed by atoms with Crippen molar-refractivity contribution in [3.8, 4) is 0 Å². The van der Waals surface area contributed by atoms with Crippen molar-refractivity contribution in [3.05, 3.63) is 0 Å². The highest BCUT2D eigenvalue weighted by Gasteiger charge is 2.19. The van der Waals surface area contributed by atoms with Crippen LogP contribution < -0.4 is 10.6 Å². The van der Waals surface area contributed by atoms with Crippen LogP contribution >= 0.6 is 0 Å². The average Bonchev–Trinajstić information content (AvgIpc) is 2.23. The van der Waals surface area contributed by atoms with Gasteiger partial charge in [-0.2, -0.15) is 0 Å². The molecular formula is C15H33N3O. The maximum absolute atomic E-state index is 12.0. The second-order valence-corrected chi connectivity index (χ2v) is 6.62. The van der Waals surface area contributed by atoms with Crippen LogP contribution in [-0.4, -0.2) is 50.1 Å². The van der Waals surface area contributed by atoms with E-state index >= 15 is 0 Å². The summed E-state index contributed by atoms with van der Waals surface area (Å²) in [6, 6.07) is 0.220. The zero-order valence-electron chi connectivity index (χ0n) is 13.8. The fourth-order valence-electron chi connectivity index (χ4n) is 2.09. The molecule has 0 heterocycles. The summed E-state index contributed by atoms with van der Waals surface area (Å²) >= 11 is 0. The Morgan fingerprint density at radius 2 is 1.63 bits per heavy atom. The smallest absolute Gasteiger partial charge is 0.236 e. The third kappa shape index (κ3) is 9.91. The van der Waals surface area contributed by atoms with Crippen LogP contribution in [0.5, 0.6) is 0 Å². The SMILES string of the molecule is CC(C)CNC(=O)C(C)NC(CC(C)C)CN(C)C. The van der Waals surface area contributed by atoms with E-state index in [1.807, 2.05) is 6.92 Å². The Morgan fingerprint density at radius 1 is 1.05 bits per heavy atom. The predicted octanol–water partition coefficient (Wildman–Crippen LogP) is 1.71. The lowest BCUT2D eigenvalue weighted by atomic mass is 10.0. The number of carbonyl (C=O) groups is 1. The van der Waals surface area contributed by atoms with Gasteiger partial charge in [-0.1, -0.05) is 27.7 Å². The van der Waals surface area contributed by atoms with Crippen LogP contribution in [0.15, 0.2) is 0 Å². The van der Waals surface area contributed by atoms with Gasteiger partial charge in [0.1, 0.15) is 0 Å². The minimum Gasteiger partial charge on any atom is -0.354 e. The van der Waals surface area contributed by atoms with Crippen molar-refractivity contribution in [3.63, 3.8) is 0 Å². The first kappa shape index (κ1) is 18.4. The summed E-state index contributed by atoms with van der Waals surface area (Å²) in [4.78, 5) is 14.1. The lowest BCUT2D eigenvalue weighted by Crippen LogP contribution is -2.50. The van der Waals surface area contributed by atoms with E-state index in [9.17, 15) is 4.79 Å². The summed E-state index contributed by atoms with van der Waals surface area (Å²) in [6.07, 6.45) is 1.08. The molecule has 2 unspecified atom stereocenters. The average molecular weight is 271 g/mol. The molecule has 114 valence electrons. The first-order chi connectivity index (χ1) is 8.72. The van der Waals surface area contributed by atoms with E-state index in [2.05, 4.69) is 57.3 Å². The third-order valence-electron chi connectivity index (χ3n) is 2.90. The minimum atomic E-state index is -0.137. The third-order valence-corrected chi connectivity index (χ3v) is 2.90. The minimum absolute atomic E-state index is 0.0983. The lowest BCUT2D eigenvalue weighted by molar-refractivity contribution is -0.123. The van der Waals surface area contributed by atoms with Crippen molar-refractivity contribution >= 4 is 5.91 Å². The highest BCUT2D eigenvalue weighted by atomic mass is 16.2. The maximum atomic E-state index is 12.0. The highest BCUT2D eigenvalue weighted by Crippen LogP contribution is 2.06.